The second-order valence-corrected chi connectivity index (χ2v) is 9.54. The van der Waals surface area contributed by atoms with Crippen LogP contribution in [0.2, 0.25) is 0 Å². The van der Waals surface area contributed by atoms with E-state index in [4.69, 9.17) is 4.74 Å². The van der Waals surface area contributed by atoms with Crippen molar-refractivity contribution in [1.29, 1.82) is 0 Å². The number of aryl methyl sites for hydroxylation is 1. The second-order valence-electron chi connectivity index (χ2n) is 8.68. The minimum atomic E-state index is -0.416. The Morgan fingerprint density at radius 3 is 2.48 bits per heavy atom. The molecule has 25 heavy (non-hydrogen) atoms. The van der Waals surface area contributed by atoms with Crippen molar-refractivity contribution in [2.75, 3.05) is 18.4 Å². The Kier molecular flexibility index (Phi) is 5.06. The minimum Gasteiger partial charge on any atom is -0.444 e. The fourth-order valence-electron chi connectivity index (χ4n) is 3.96. The van der Waals surface area contributed by atoms with Crippen LogP contribution in [-0.4, -0.2) is 35.7 Å². The van der Waals surface area contributed by atoms with Gasteiger partial charge in [-0.3, -0.25) is 0 Å². The number of amides is 1. The SMILES string of the molecule is Cc1cc(NC2CC3(CCN(C(=O)OC(C)(C)C)CC3)C2)ccc1Br. The van der Waals surface area contributed by atoms with Crippen LogP contribution in [0.3, 0.4) is 0 Å². The Bertz CT molecular complexity index is 638. The van der Waals surface area contributed by atoms with Gasteiger partial charge >= 0.3 is 6.09 Å². The van der Waals surface area contributed by atoms with Crippen LogP contribution in [0.15, 0.2) is 22.7 Å². The highest BCUT2D eigenvalue weighted by Gasteiger charge is 2.46. The Balaban J connectivity index is 1.46. The van der Waals surface area contributed by atoms with Gasteiger partial charge in [-0.25, -0.2) is 4.79 Å². The maximum absolute atomic E-state index is 12.2. The number of carbonyl (C=O) groups excluding carboxylic acids is 1. The topological polar surface area (TPSA) is 41.6 Å². The fraction of sp³-hybridized carbons (Fsp3) is 0.650. The van der Waals surface area contributed by atoms with Gasteiger partial charge in [-0.05, 0) is 82.6 Å². The van der Waals surface area contributed by atoms with E-state index in [-0.39, 0.29) is 6.09 Å². The average Bonchev–Trinajstić information content (AvgIpc) is 2.48. The number of carbonyl (C=O) groups is 1. The molecule has 2 aliphatic rings. The van der Waals surface area contributed by atoms with Crippen LogP contribution in [0.25, 0.3) is 0 Å². The Morgan fingerprint density at radius 1 is 1.28 bits per heavy atom. The third kappa shape index (κ3) is 4.49. The molecule has 5 heteroatoms. The first-order valence-corrected chi connectivity index (χ1v) is 9.96. The number of anilines is 1. The molecule has 1 aromatic carbocycles. The lowest BCUT2D eigenvalue weighted by Gasteiger charge is -2.52. The quantitative estimate of drug-likeness (QED) is 0.716. The highest BCUT2D eigenvalue weighted by Crippen LogP contribution is 2.50. The second kappa shape index (κ2) is 6.82. The molecule has 1 saturated heterocycles. The van der Waals surface area contributed by atoms with Crippen molar-refractivity contribution >= 4 is 27.7 Å². The summed E-state index contributed by atoms with van der Waals surface area (Å²) >= 11 is 3.55. The average molecular weight is 409 g/mol. The van der Waals surface area contributed by atoms with Gasteiger partial charge in [0.2, 0.25) is 0 Å². The molecule has 1 N–H and O–H groups in total. The van der Waals surface area contributed by atoms with Gasteiger partial charge in [0.05, 0.1) is 0 Å². The number of nitrogens with one attached hydrogen (secondary N) is 1. The highest BCUT2D eigenvalue weighted by molar-refractivity contribution is 9.10. The van der Waals surface area contributed by atoms with Gasteiger partial charge in [-0.2, -0.15) is 0 Å². The van der Waals surface area contributed by atoms with E-state index in [1.54, 1.807) is 0 Å². The van der Waals surface area contributed by atoms with Gasteiger partial charge in [0, 0.05) is 29.3 Å². The van der Waals surface area contributed by atoms with Crippen molar-refractivity contribution in [3.05, 3.63) is 28.2 Å². The normalized spacial score (nSPS) is 20.3. The number of halogens is 1. The monoisotopic (exact) mass is 408 g/mol. The third-order valence-corrected chi connectivity index (χ3v) is 6.25. The van der Waals surface area contributed by atoms with Crippen molar-refractivity contribution in [3.63, 3.8) is 0 Å². The molecular formula is C20H29BrN2O2. The van der Waals surface area contributed by atoms with Crippen molar-refractivity contribution < 1.29 is 9.53 Å². The van der Waals surface area contributed by atoms with E-state index in [9.17, 15) is 4.79 Å². The summed E-state index contributed by atoms with van der Waals surface area (Å²) in [6, 6.07) is 6.98. The first kappa shape index (κ1) is 18.6. The molecule has 0 atom stereocenters. The number of ether oxygens (including phenoxy) is 1. The van der Waals surface area contributed by atoms with Gasteiger partial charge < -0.3 is 15.0 Å². The lowest BCUT2D eigenvalue weighted by molar-refractivity contribution is -0.00859. The number of hydrogen-bond acceptors (Lipinski definition) is 3. The van der Waals surface area contributed by atoms with E-state index >= 15 is 0 Å². The number of hydrogen-bond donors (Lipinski definition) is 1. The van der Waals surface area contributed by atoms with E-state index < -0.39 is 5.60 Å². The van der Waals surface area contributed by atoms with Crippen molar-refractivity contribution in [1.82, 2.24) is 4.90 Å². The maximum atomic E-state index is 12.2. The zero-order valence-corrected chi connectivity index (χ0v) is 17.3. The Hall–Kier alpha value is -1.23. The standard InChI is InChI=1S/C20H29BrN2O2/c1-14-11-15(5-6-17(14)21)22-16-12-20(13-16)7-9-23(10-8-20)18(24)25-19(2,3)4/h5-6,11,16,22H,7-10,12-13H2,1-4H3. The molecule has 0 radical (unpaired) electrons. The van der Waals surface area contributed by atoms with Gasteiger partial charge in [0.25, 0.3) is 0 Å². The van der Waals surface area contributed by atoms with E-state index in [1.807, 2.05) is 25.7 Å². The number of piperidine rings is 1. The molecule has 1 spiro atoms. The van der Waals surface area contributed by atoms with Gasteiger partial charge in [0.1, 0.15) is 5.60 Å². The van der Waals surface area contributed by atoms with Crippen LogP contribution < -0.4 is 5.32 Å². The van der Waals surface area contributed by atoms with Crippen molar-refractivity contribution in [3.8, 4) is 0 Å². The number of benzene rings is 1. The first-order chi connectivity index (χ1) is 11.7. The van der Waals surface area contributed by atoms with Crippen LogP contribution in [0.5, 0.6) is 0 Å². The molecule has 1 heterocycles. The molecule has 3 rings (SSSR count). The summed E-state index contributed by atoms with van der Waals surface area (Å²) in [6.07, 6.45) is 4.41. The maximum Gasteiger partial charge on any atom is 0.410 e. The summed E-state index contributed by atoms with van der Waals surface area (Å²) in [4.78, 5) is 14.1. The first-order valence-electron chi connectivity index (χ1n) is 9.16. The lowest BCUT2D eigenvalue weighted by atomic mass is 9.60. The number of nitrogens with zero attached hydrogens (tertiary/aromatic N) is 1. The molecule has 4 nitrogen and oxygen atoms in total. The molecule has 0 bridgehead atoms. The molecule has 138 valence electrons. The number of likely N-dealkylation sites (tertiary alicyclic amines) is 1. The smallest absolute Gasteiger partial charge is 0.410 e. The third-order valence-electron chi connectivity index (χ3n) is 5.36. The van der Waals surface area contributed by atoms with E-state index in [0.717, 1.165) is 30.4 Å². The lowest BCUT2D eigenvalue weighted by Crippen LogP contribution is -2.53. The zero-order valence-electron chi connectivity index (χ0n) is 15.7. The van der Waals surface area contributed by atoms with Crippen molar-refractivity contribution in [2.45, 2.75) is 65.0 Å². The predicted molar refractivity (Wildman–Crippen MR) is 105 cm³/mol. The van der Waals surface area contributed by atoms with Gasteiger partial charge in [-0.1, -0.05) is 15.9 Å². The predicted octanol–water partition coefficient (Wildman–Crippen LogP) is 5.35. The van der Waals surface area contributed by atoms with Crippen LogP contribution in [-0.2, 0) is 4.74 Å². The fourth-order valence-corrected chi connectivity index (χ4v) is 4.20. The zero-order chi connectivity index (χ0) is 18.2. The molecule has 1 saturated carbocycles. The van der Waals surface area contributed by atoms with E-state index in [1.165, 1.54) is 24.1 Å². The molecule has 0 unspecified atom stereocenters. The molecular weight excluding hydrogens is 380 g/mol. The molecule has 1 amide bonds. The van der Waals surface area contributed by atoms with Gasteiger partial charge in [-0.15, -0.1) is 0 Å². The number of rotatable bonds is 2. The summed E-state index contributed by atoms with van der Waals surface area (Å²) in [5.41, 5.74) is 2.46. The van der Waals surface area contributed by atoms with Crippen LogP contribution in [0, 0.1) is 12.3 Å². The molecule has 2 fully saturated rings. The van der Waals surface area contributed by atoms with Gasteiger partial charge in [0.15, 0.2) is 0 Å². The van der Waals surface area contributed by atoms with E-state index in [0.29, 0.717) is 11.5 Å². The Morgan fingerprint density at radius 2 is 1.92 bits per heavy atom. The molecule has 0 aromatic heterocycles. The summed E-state index contributed by atoms with van der Waals surface area (Å²) in [5.74, 6) is 0. The minimum absolute atomic E-state index is 0.165. The summed E-state index contributed by atoms with van der Waals surface area (Å²) in [7, 11) is 0. The largest absolute Gasteiger partial charge is 0.444 e. The molecule has 1 aliphatic heterocycles. The van der Waals surface area contributed by atoms with Crippen LogP contribution in [0.4, 0.5) is 10.5 Å². The molecule has 1 aliphatic carbocycles. The van der Waals surface area contributed by atoms with E-state index in [2.05, 4.69) is 46.4 Å². The van der Waals surface area contributed by atoms with Crippen LogP contribution >= 0.6 is 15.9 Å². The van der Waals surface area contributed by atoms with Crippen LogP contribution in [0.1, 0.15) is 52.0 Å². The summed E-state index contributed by atoms with van der Waals surface area (Å²) in [6.45, 7) is 9.51. The van der Waals surface area contributed by atoms with Crippen molar-refractivity contribution in [2.24, 2.45) is 5.41 Å². The molecule has 1 aromatic rings. The highest BCUT2D eigenvalue weighted by atomic mass is 79.9. The Labute approximate surface area is 159 Å². The summed E-state index contributed by atoms with van der Waals surface area (Å²) < 4.78 is 6.64. The summed E-state index contributed by atoms with van der Waals surface area (Å²) in [5, 5.41) is 3.66.